The monoisotopic (exact) mass is 258 g/mol. The maximum absolute atomic E-state index is 11.4. The Hall–Kier alpha value is -0.520. The summed E-state index contributed by atoms with van der Waals surface area (Å²) in [6.07, 6.45) is 1.35. The van der Waals surface area contributed by atoms with Crippen LogP contribution in [-0.4, -0.2) is 30.2 Å². The standard InChI is InChI=1S/C12H18O4S/c1-4-14-10-6-5-9-12(16-10)15-8(3)11(17-9)7(2)13/h9-10,12H,4-6H2,1-3H3/t9-,10?,12+/m1/s1. The highest BCUT2D eigenvalue weighted by atomic mass is 32.2. The maximum Gasteiger partial charge on any atom is 0.214 e. The zero-order valence-electron chi connectivity index (χ0n) is 10.4. The third kappa shape index (κ3) is 2.84. The number of Topliss-reactive ketones (excluding diaryl/α,β-unsaturated/α-hetero) is 1. The van der Waals surface area contributed by atoms with E-state index in [4.69, 9.17) is 14.2 Å². The van der Waals surface area contributed by atoms with E-state index >= 15 is 0 Å². The van der Waals surface area contributed by atoms with Crippen LogP contribution in [0.4, 0.5) is 0 Å². The van der Waals surface area contributed by atoms with Gasteiger partial charge in [-0.15, -0.1) is 11.8 Å². The number of rotatable bonds is 3. The van der Waals surface area contributed by atoms with Gasteiger partial charge in [0.2, 0.25) is 6.29 Å². The second kappa shape index (κ2) is 5.42. The second-order valence-corrected chi connectivity index (χ2v) is 5.43. The van der Waals surface area contributed by atoms with Crippen LogP contribution < -0.4 is 0 Å². The van der Waals surface area contributed by atoms with Gasteiger partial charge in [0.25, 0.3) is 0 Å². The molecule has 0 saturated carbocycles. The van der Waals surface area contributed by atoms with Crippen molar-refractivity contribution in [2.24, 2.45) is 0 Å². The SMILES string of the molecule is CCOC1CC[C@H]2SC(C(C)=O)=C(C)O[C@H]2O1. The highest BCUT2D eigenvalue weighted by Gasteiger charge is 2.38. The first-order valence-electron chi connectivity index (χ1n) is 5.94. The lowest BCUT2D eigenvalue weighted by Gasteiger charge is -2.39. The summed E-state index contributed by atoms with van der Waals surface area (Å²) in [6, 6.07) is 0. The van der Waals surface area contributed by atoms with Crippen molar-refractivity contribution in [3.05, 3.63) is 10.7 Å². The van der Waals surface area contributed by atoms with E-state index in [9.17, 15) is 4.79 Å². The number of hydrogen-bond acceptors (Lipinski definition) is 5. The fourth-order valence-corrected chi connectivity index (χ4v) is 3.23. The van der Waals surface area contributed by atoms with Gasteiger partial charge in [0, 0.05) is 6.61 Å². The van der Waals surface area contributed by atoms with Gasteiger partial charge >= 0.3 is 0 Å². The molecule has 2 aliphatic heterocycles. The molecule has 0 aromatic carbocycles. The second-order valence-electron chi connectivity index (χ2n) is 4.18. The molecular weight excluding hydrogens is 240 g/mol. The van der Waals surface area contributed by atoms with Crippen LogP contribution >= 0.6 is 11.8 Å². The Kier molecular flexibility index (Phi) is 4.12. The minimum Gasteiger partial charge on any atom is -0.467 e. The van der Waals surface area contributed by atoms with Crippen molar-refractivity contribution in [3.63, 3.8) is 0 Å². The number of ketones is 1. The lowest BCUT2D eigenvalue weighted by atomic mass is 10.1. The highest BCUT2D eigenvalue weighted by Crippen LogP contribution is 2.41. The molecular formula is C12H18O4S. The fourth-order valence-electron chi connectivity index (χ4n) is 2.06. The van der Waals surface area contributed by atoms with Crippen LogP contribution in [0.15, 0.2) is 10.7 Å². The van der Waals surface area contributed by atoms with Crippen molar-refractivity contribution in [2.75, 3.05) is 6.61 Å². The van der Waals surface area contributed by atoms with Crippen LogP contribution in [0.1, 0.15) is 33.6 Å². The third-order valence-corrected chi connectivity index (χ3v) is 4.40. The van der Waals surface area contributed by atoms with Crippen LogP contribution in [0.3, 0.4) is 0 Å². The van der Waals surface area contributed by atoms with Gasteiger partial charge in [-0.25, -0.2) is 0 Å². The van der Waals surface area contributed by atoms with Crippen LogP contribution in [-0.2, 0) is 19.0 Å². The molecule has 17 heavy (non-hydrogen) atoms. The number of fused-ring (bicyclic) bond motifs is 1. The summed E-state index contributed by atoms with van der Waals surface area (Å²) in [6.45, 7) is 5.98. The summed E-state index contributed by atoms with van der Waals surface area (Å²) in [4.78, 5) is 12.2. The minimum absolute atomic E-state index is 0.0675. The molecule has 0 amide bonds. The summed E-state index contributed by atoms with van der Waals surface area (Å²) >= 11 is 1.58. The Labute approximate surface area is 106 Å². The molecule has 0 bridgehead atoms. The number of hydrogen-bond donors (Lipinski definition) is 0. The van der Waals surface area contributed by atoms with Gasteiger partial charge in [-0.2, -0.15) is 0 Å². The largest absolute Gasteiger partial charge is 0.467 e. The molecule has 2 rings (SSSR count). The molecule has 3 atom stereocenters. The predicted octanol–water partition coefficient (Wildman–Crippen LogP) is 2.44. The normalized spacial score (nSPS) is 33.0. The molecule has 96 valence electrons. The Morgan fingerprint density at radius 2 is 2.29 bits per heavy atom. The predicted molar refractivity (Wildman–Crippen MR) is 65.4 cm³/mol. The molecule has 0 spiro atoms. The van der Waals surface area contributed by atoms with Crippen LogP contribution in [0.25, 0.3) is 0 Å². The third-order valence-electron chi connectivity index (χ3n) is 2.83. The molecule has 0 aromatic rings. The van der Waals surface area contributed by atoms with Crippen molar-refractivity contribution in [3.8, 4) is 0 Å². The van der Waals surface area contributed by atoms with E-state index in [-0.39, 0.29) is 23.6 Å². The zero-order chi connectivity index (χ0) is 12.4. The van der Waals surface area contributed by atoms with Crippen molar-refractivity contribution in [2.45, 2.75) is 51.4 Å². The topological polar surface area (TPSA) is 44.8 Å². The first-order chi connectivity index (χ1) is 8.11. The van der Waals surface area contributed by atoms with Crippen LogP contribution in [0.5, 0.6) is 0 Å². The Balaban J connectivity index is 2.04. The molecule has 0 N–H and O–H groups in total. The van der Waals surface area contributed by atoms with E-state index < -0.39 is 0 Å². The Morgan fingerprint density at radius 1 is 1.53 bits per heavy atom. The van der Waals surface area contributed by atoms with Crippen LogP contribution in [0.2, 0.25) is 0 Å². The Morgan fingerprint density at radius 3 is 2.94 bits per heavy atom. The lowest BCUT2D eigenvalue weighted by molar-refractivity contribution is -0.253. The number of carbonyl (C=O) groups is 1. The van der Waals surface area contributed by atoms with E-state index in [1.807, 2.05) is 13.8 Å². The summed E-state index contributed by atoms with van der Waals surface area (Å²) in [5.74, 6) is 0.735. The van der Waals surface area contributed by atoms with E-state index in [2.05, 4.69) is 0 Å². The van der Waals surface area contributed by atoms with Crippen LogP contribution in [0, 0.1) is 0 Å². The fraction of sp³-hybridized carbons (Fsp3) is 0.750. The number of allylic oxidation sites excluding steroid dienone is 2. The van der Waals surface area contributed by atoms with Crippen molar-refractivity contribution in [1.82, 2.24) is 0 Å². The van der Waals surface area contributed by atoms with Gasteiger partial charge in [0.05, 0.1) is 10.2 Å². The quantitative estimate of drug-likeness (QED) is 0.778. The van der Waals surface area contributed by atoms with Crippen molar-refractivity contribution in [1.29, 1.82) is 0 Å². The van der Waals surface area contributed by atoms with Crippen molar-refractivity contribution >= 4 is 17.5 Å². The van der Waals surface area contributed by atoms with E-state index in [1.54, 1.807) is 18.7 Å². The summed E-state index contributed by atoms with van der Waals surface area (Å²) in [5, 5.41) is 0.203. The average molecular weight is 258 g/mol. The molecule has 1 saturated heterocycles. The summed E-state index contributed by atoms with van der Waals surface area (Å²) in [7, 11) is 0. The van der Waals surface area contributed by atoms with Gasteiger partial charge in [-0.1, -0.05) is 0 Å². The number of carbonyl (C=O) groups excluding carboxylic acids is 1. The first kappa shape index (κ1) is 12.9. The molecule has 0 aliphatic carbocycles. The van der Waals surface area contributed by atoms with E-state index in [0.29, 0.717) is 12.4 Å². The average Bonchev–Trinajstić information content (AvgIpc) is 2.28. The zero-order valence-corrected chi connectivity index (χ0v) is 11.2. The summed E-state index contributed by atoms with van der Waals surface area (Å²) in [5.41, 5.74) is 0. The molecule has 0 aromatic heterocycles. The van der Waals surface area contributed by atoms with Crippen molar-refractivity contribution < 1.29 is 19.0 Å². The molecule has 5 heteroatoms. The number of ether oxygens (including phenoxy) is 3. The molecule has 2 aliphatic rings. The lowest BCUT2D eigenvalue weighted by Crippen LogP contribution is -2.42. The molecule has 1 fully saturated rings. The van der Waals surface area contributed by atoms with Gasteiger partial charge in [-0.05, 0) is 33.6 Å². The summed E-state index contributed by atoms with van der Waals surface area (Å²) < 4.78 is 16.8. The molecule has 2 heterocycles. The molecule has 0 radical (unpaired) electrons. The minimum atomic E-state index is -0.284. The Bertz CT molecular complexity index is 339. The molecule has 4 nitrogen and oxygen atoms in total. The first-order valence-corrected chi connectivity index (χ1v) is 6.82. The molecule has 1 unspecified atom stereocenters. The van der Waals surface area contributed by atoms with Gasteiger partial charge < -0.3 is 14.2 Å². The van der Waals surface area contributed by atoms with Gasteiger partial charge in [0.1, 0.15) is 5.76 Å². The van der Waals surface area contributed by atoms with Gasteiger partial charge in [0.15, 0.2) is 12.1 Å². The number of thioether (sulfide) groups is 1. The van der Waals surface area contributed by atoms with E-state index in [0.717, 1.165) is 17.7 Å². The van der Waals surface area contributed by atoms with E-state index in [1.165, 1.54) is 0 Å². The maximum atomic E-state index is 11.4. The van der Waals surface area contributed by atoms with Gasteiger partial charge in [-0.3, -0.25) is 4.79 Å². The smallest absolute Gasteiger partial charge is 0.214 e. The highest BCUT2D eigenvalue weighted by molar-refractivity contribution is 8.04.